The lowest BCUT2D eigenvalue weighted by molar-refractivity contribution is -0.187. The molecule has 0 N–H and O–H groups in total. The van der Waals surface area contributed by atoms with Crippen LogP contribution in [0.25, 0.3) is 16.7 Å². The van der Waals surface area contributed by atoms with Gasteiger partial charge in [-0.05, 0) is 24.3 Å². The van der Waals surface area contributed by atoms with Crippen LogP contribution in [0.1, 0.15) is 12.8 Å². The van der Waals surface area contributed by atoms with Crippen molar-refractivity contribution in [2.24, 2.45) is 0 Å². The largest absolute Gasteiger partial charge is 0.347 e. The number of amides is 1. The van der Waals surface area contributed by atoms with E-state index >= 15 is 0 Å². The molecule has 0 atom stereocenters. The Bertz CT molecular complexity index is 1070. The number of nitrogens with zero attached hydrogens (tertiary/aromatic N) is 4. The molecule has 5 rings (SSSR count). The van der Waals surface area contributed by atoms with Gasteiger partial charge in [0.2, 0.25) is 5.91 Å². The number of rotatable bonds is 2. The van der Waals surface area contributed by atoms with Crippen molar-refractivity contribution in [3.8, 4) is 0 Å². The van der Waals surface area contributed by atoms with Crippen LogP contribution in [-0.2, 0) is 20.8 Å². The highest BCUT2D eigenvalue weighted by Crippen LogP contribution is 2.31. The zero-order valence-corrected chi connectivity index (χ0v) is 14.8. The van der Waals surface area contributed by atoms with Crippen LogP contribution in [0, 0.1) is 0 Å². The van der Waals surface area contributed by atoms with Gasteiger partial charge in [0.15, 0.2) is 11.4 Å². The van der Waals surface area contributed by atoms with Crippen LogP contribution in [-0.4, -0.2) is 56.8 Å². The van der Waals surface area contributed by atoms with Crippen molar-refractivity contribution in [3.05, 3.63) is 47.0 Å². The highest BCUT2D eigenvalue weighted by molar-refractivity contribution is 5.80. The highest BCUT2D eigenvalue weighted by atomic mass is 16.7. The minimum atomic E-state index is -0.521. The van der Waals surface area contributed by atoms with E-state index in [0.717, 1.165) is 5.52 Å². The fourth-order valence-electron chi connectivity index (χ4n) is 4.05. The van der Waals surface area contributed by atoms with Gasteiger partial charge >= 0.3 is 0 Å². The number of aromatic nitrogens is 3. The van der Waals surface area contributed by atoms with E-state index in [1.807, 2.05) is 28.8 Å². The maximum atomic E-state index is 12.9. The first-order valence-electron chi connectivity index (χ1n) is 9.17. The molecule has 2 saturated heterocycles. The van der Waals surface area contributed by atoms with Crippen LogP contribution in [0.5, 0.6) is 0 Å². The quantitative estimate of drug-likeness (QED) is 0.675. The summed E-state index contributed by atoms with van der Waals surface area (Å²) in [4.78, 5) is 31.9. The minimum Gasteiger partial charge on any atom is -0.347 e. The third-order valence-electron chi connectivity index (χ3n) is 5.48. The molecular formula is C19H20N4O4. The lowest BCUT2D eigenvalue weighted by Crippen LogP contribution is -2.48. The molecule has 1 spiro atoms. The van der Waals surface area contributed by atoms with Gasteiger partial charge in [-0.25, -0.2) is 4.98 Å². The lowest BCUT2D eigenvalue weighted by Gasteiger charge is -2.37. The predicted octanol–water partition coefficient (Wildman–Crippen LogP) is 1.01. The summed E-state index contributed by atoms with van der Waals surface area (Å²) in [7, 11) is 0. The summed E-state index contributed by atoms with van der Waals surface area (Å²) in [5.41, 5.74) is 1.63. The van der Waals surface area contributed by atoms with E-state index in [1.165, 1.54) is 4.57 Å². The Kier molecular flexibility index (Phi) is 3.76. The van der Waals surface area contributed by atoms with Crippen LogP contribution in [0.2, 0.25) is 0 Å². The van der Waals surface area contributed by atoms with E-state index in [1.54, 1.807) is 17.2 Å². The zero-order valence-electron chi connectivity index (χ0n) is 14.8. The predicted molar refractivity (Wildman–Crippen MR) is 97.4 cm³/mol. The van der Waals surface area contributed by atoms with Crippen LogP contribution in [0.15, 0.2) is 41.5 Å². The molecular weight excluding hydrogens is 348 g/mol. The van der Waals surface area contributed by atoms with Crippen LogP contribution < -0.4 is 5.56 Å². The summed E-state index contributed by atoms with van der Waals surface area (Å²) in [6.45, 7) is 2.32. The molecule has 27 heavy (non-hydrogen) atoms. The molecule has 0 aliphatic carbocycles. The number of pyridine rings is 1. The molecule has 8 heteroatoms. The number of hydrogen-bond donors (Lipinski definition) is 0. The summed E-state index contributed by atoms with van der Waals surface area (Å²) >= 11 is 0. The molecule has 0 unspecified atom stereocenters. The van der Waals surface area contributed by atoms with Gasteiger partial charge in [0.05, 0.1) is 18.7 Å². The standard InChI is InChI=1S/C19H20N4O4/c24-16(21-9-5-19(6-10-21)26-11-12-27-19)13-23-17-14(3-1-7-20-17)22-8-2-4-15(22)18(23)25/h1-4,7-8H,5-6,9-13H2. The number of carbonyl (C=O) groups excluding carboxylic acids is 1. The minimum absolute atomic E-state index is 0.0251. The number of carbonyl (C=O) groups is 1. The van der Waals surface area contributed by atoms with Crippen molar-refractivity contribution in [1.82, 2.24) is 18.9 Å². The molecule has 0 bridgehead atoms. The summed E-state index contributed by atoms with van der Waals surface area (Å²) in [5.74, 6) is -0.611. The fourth-order valence-corrected chi connectivity index (χ4v) is 4.05. The number of ether oxygens (including phenoxy) is 2. The average molecular weight is 368 g/mol. The van der Waals surface area contributed by atoms with E-state index in [2.05, 4.69) is 4.98 Å². The van der Waals surface area contributed by atoms with Crippen molar-refractivity contribution in [3.63, 3.8) is 0 Å². The van der Waals surface area contributed by atoms with Crippen molar-refractivity contribution < 1.29 is 14.3 Å². The SMILES string of the molecule is O=C(Cn1c(=O)c2cccn2c2cccnc21)N1CCC2(CC1)OCCO2. The molecule has 2 aliphatic heterocycles. The van der Waals surface area contributed by atoms with Crippen molar-refractivity contribution in [1.29, 1.82) is 0 Å². The zero-order chi connectivity index (χ0) is 18.4. The molecule has 3 aromatic rings. The van der Waals surface area contributed by atoms with E-state index in [0.29, 0.717) is 50.3 Å². The number of fused-ring (bicyclic) bond motifs is 3. The first-order chi connectivity index (χ1) is 13.2. The van der Waals surface area contributed by atoms with Gasteiger partial charge in [0.25, 0.3) is 5.56 Å². The van der Waals surface area contributed by atoms with Gasteiger partial charge in [-0.1, -0.05) is 0 Å². The third kappa shape index (κ3) is 2.64. The van der Waals surface area contributed by atoms with E-state index < -0.39 is 5.79 Å². The second kappa shape index (κ2) is 6.17. The van der Waals surface area contributed by atoms with Gasteiger partial charge in [0.1, 0.15) is 12.1 Å². The highest BCUT2D eigenvalue weighted by Gasteiger charge is 2.40. The van der Waals surface area contributed by atoms with Crippen molar-refractivity contribution in [2.45, 2.75) is 25.2 Å². The topological polar surface area (TPSA) is 78.1 Å². The smallest absolute Gasteiger partial charge is 0.276 e. The summed E-state index contributed by atoms with van der Waals surface area (Å²) < 4.78 is 14.7. The van der Waals surface area contributed by atoms with Crippen LogP contribution in [0.3, 0.4) is 0 Å². The molecule has 1 amide bonds. The maximum Gasteiger partial charge on any atom is 0.276 e. The maximum absolute atomic E-state index is 12.9. The van der Waals surface area contributed by atoms with Gasteiger partial charge in [-0.15, -0.1) is 0 Å². The summed E-state index contributed by atoms with van der Waals surface area (Å²) in [5, 5.41) is 0. The normalized spacial score (nSPS) is 19.3. The molecule has 140 valence electrons. The van der Waals surface area contributed by atoms with E-state index in [9.17, 15) is 9.59 Å². The van der Waals surface area contributed by atoms with Gasteiger partial charge < -0.3 is 18.8 Å². The molecule has 0 radical (unpaired) electrons. The Morgan fingerprint density at radius 2 is 1.85 bits per heavy atom. The van der Waals surface area contributed by atoms with Crippen molar-refractivity contribution in [2.75, 3.05) is 26.3 Å². The van der Waals surface area contributed by atoms with Gasteiger partial charge in [-0.2, -0.15) is 0 Å². The first kappa shape index (κ1) is 16.5. The van der Waals surface area contributed by atoms with Gasteiger partial charge in [0, 0.05) is 38.3 Å². The Balaban J connectivity index is 1.45. The Hall–Kier alpha value is -2.71. The van der Waals surface area contributed by atoms with E-state index in [-0.39, 0.29) is 18.0 Å². The molecule has 5 heterocycles. The van der Waals surface area contributed by atoms with Gasteiger partial charge in [-0.3, -0.25) is 14.2 Å². The molecule has 0 saturated carbocycles. The molecule has 8 nitrogen and oxygen atoms in total. The molecule has 3 aromatic heterocycles. The summed E-state index contributed by atoms with van der Waals surface area (Å²) in [6, 6.07) is 7.30. The van der Waals surface area contributed by atoms with Crippen LogP contribution >= 0.6 is 0 Å². The molecule has 2 aliphatic rings. The first-order valence-corrected chi connectivity index (χ1v) is 9.17. The Morgan fingerprint density at radius 3 is 2.63 bits per heavy atom. The number of likely N-dealkylation sites (tertiary alicyclic amines) is 1. The van der Waals surface area contributed by atoms with Crippen molar-refractivity contribution >= 4 is 22.6 Å². The third-order valence-corrected chi connectivity index (χ3v) is 5.48. The Labute approximate surface area is 154 Å². The fraction of sp³-hybridized carbons (Fsp3) is 0.421. The number of hydrogen-bond acceptors (Lipinski definition) is 5. The van der Waals surface area contributed by atoms with E-state index in [4.69, 9.17) is 9.47 Å². The number of piperidine rings is 1. The molecule has 2 fully saturated rings. The Morgan fingerprint density at radius 1 is 1.11 bits per heavy atom. The second-order valence-corrected chi connectivity index (χ2v) is 6.99. The van der Waals surface area contributed by atoms with Crippen LogP contribution in [0.4, 0.5) is 0 Å². The summed E-state index contributed by atoms with van der Waals surface area (Å²) in [6.07, 6.45) is 4.78. The molecule has 0 aromatic carbocycles. The average Bonchev–Trinajstić information content (AvgIpc) is 3.36. The lowest BCUT2D eigenvalue weighted by atomic mass is 10.0. The monoisotopic (exact) mass is 368 g/mol. The second-order valence-electron chi connectivity index (χ2n) is 6.99.